The second-order valence-electron chi connectivity index (χ2n) is 6.45. The smallest absolute Gasteiger partial charge is 0.578 e. The van der Waals surface area contributed by atoms with Crippen LogP contribution in [0.2, 0.25) is 5.02 Å². The Kier molecular flexibility index (Phi) is 6.48. The number of hydrogen-bond acceptors (Lipinski definition) is 5. The molecule has 1 fully saturated rings. The number of amidine groups is 1. The van der Waals surface area contributed by atoms with Crippen molar-refractivity contribution in [2.24, 2.45) is 10.9 Å². The highest BCUT2D eigenvalue weighted by atomic mass is 35.5. The van der Waals surface area contributed by atoms with Gasteiger partial charge in [-0.05, 0) is 37.1 Å². The lowest BCUT2D eigenvalue weighted by Crippen LogP contribution is -2.35. The Labute approximate surface area is 177 Å². The van der Waals surface area contributed by atoms with Gasteiger partial charge in [-0.1, -0.05) is 23.2 Å². The van der Waals surface area contributed by atoms with Crippen molar-refractivity contribution in [1.82, 2.24) is 9.78 Å². The SMILES string of the molecule is NC(=NO)c1nn(-c2ccc(Cl)cc2)c(N2CCCCCC2=O)c1[S+]([O-])C(F)(F)F. The number of oxime groups is 1. The number of halogens is 4. The zero-order chi connectivity index (χ0) is 22.1. The zero-order valence-corrected chi connectivity index (χ0v) is 17.0. The first-order chi connectivity index (χ1) is 14.1. The number of nitrogens with zero attached hydrogens (tertiary/aromatic N) is 4. The van der Waals surface area contributed by atoms with Crippen molar-refractivity contribution < 1.29 is 27.7 Å². The molecule has 1 aromatic heterocycles. The van der Waals surface area contributed by atoms with Gasteiger partial charge in [0.05, 0.1) is 5.69 Å². The Morgan fingerprint density at radius 3 is 2.53 bits per heavy atom. The molecule has 1 amide bonds. The average Bonchev–Trinajstić information content (AvgIpc) is 2.96. The van der Waals surface area contributed by atoms with Crippen molar-refractivity contribution in [2.75, 3.05) is 11.4 Å². The highest BCUT2D eigenvalue weighted by Crippen LogP contribution is 2.40. The summed E-state index contributed by atoms with van der Waals surface area (Å²) in [6, 6.07) is 5.90. The fourth-order valence-electron chi connectivity index (χ4n) is 3.10. The Morgan fingerprint density at radius 2 is 1.93 bits per heavy atom. The van der Waals surface area contributed by atoms with Gasteiger partial charge in [0, 0.05) is 18.0 Å². The van der Waals surface area contributed by atoms with E-state index in [0.29, 0.717) is 24.3 Å². The first-order valence-electron chi connectivity index (χ1n) is 8.81. The van der Waals surface area contributed by atoms with Gasteiger partial charge in [0.2, 0.25) is 10.8 Å². The van der Waals surface area contributed by atoms with E-state index in [4.69, 9.17) is 22.5 Å². The van der Waals surface area contributed by atoms with Crippen LogP contribution < -0.4 is 10.6 Å². The molecule has 162 valence electrons. The number of carbonyl (C=O) groups is 1. The van der Waals surface area contributed by atoms with E-state index in [-0.39, 0.29) is 24.5 Å². The summed E-state index contributed by atoms with van der Waals surface area (Å²) >= 11 is 2.29. The summed E-state index contributed by atoms with van der Waals surface area (Å²) in [7, 11) is 0. The summed E-state index contributed by atoms with van der Waals surface area (Å²) < 4.78 is 53.9. The molecule has 1 saturated heterocycles. The second kappa shape index (κ2) is 8.74. The van der Waals surface area contributed by atoms with Gasteiger partial charge < -0.3 is 15.5 Å². The molecule has 1 unspecified atom stereocenters. The van der Waals surface area contributed by atoms with E-state index in [1.165, 1.54) is 24.3 Å². The molecule has 2 heterocycles. The molecule has 0 aliphatic carbocycles. The quantitative estimate of drug-likeness (QED) is 0.237. The van der Waals surface area contributed by atoms with Crippen molar-refractivity contribution in [2.45, 2.75) is 36.1 Å². The maximum atomic E-state index is 13.5. The summed E-state index contributed by atoms with van der Waals surface area (Å²) in [6.07, 6.45) is 1.94. The van der Waals surface area contributed by atoms with Gasteiger partial charge >= 0.3 is 5.51 Å². The lowest BCUT2D eigenvalue weighted by molar-refractivity contribution is -0.118. The average molecular weight is 464 g/mol. The van der Waals surface area contributed by atoms with E-state index in [2.05, 4.69) is 10.3 Å². The van der Waals surface area contributed by atoms with Crippen LogP contribution in [0.4, 0.5) is 19.0 Å². The van der Waals surface area contributed by atoms with Gasteiger partial charge in [-0.25, -0.2) is 4.68 Å². The molecule has 0 bridgehead atoms. The van der Waals surface area contributed by atoms with E-state index in [1.807, 2.05) is 0 Å². The summed E-state index contributed by atoms with van der Waals surface area (Å²) in [5.74, 6) is -1.53. The van der Waals surface area contributed by atoms with Gasteiger partial charge in [-0.15, -0.1) is 13.2 Å². The number of nitrogens with two attached hydrogens (primary N) is 1. The Morgan fingerprint density at radius 1 is 1.27 bits per heavy atom. The molecule has 1 atom stereocenters. The third-order valence-electron chi connectivity index (χ3n) is 4.47. The molecule has 3 rings (SSSR count). The van der Waals surface area contributed by atoms with E-state index in [1.54, 1.807) is 0 Å². The van der Waals surface area contributed by atoms with Gasteiger partial charge in [0.1, 0.15) is 11.2 Å². The van der Waals surface area contributed by atoms with Gasteiger partial charge in [-0.3, -0.25) is 9.69 Å². The molecule has 8 nitrogen and oxygen atoms in total. The second-order valence-corrected chi connectivity index (χ2v) is 8.29. The molecule has 1 aliphatic heterocycles. The topological polar surface area (TPSA) is 120 Å². The molecule has 30 heavy (non-hydrogen) atoms. The van der Waals surface area contributed by atoms with Crippen LogP contribution in [-0.4, -0.2) is 43.3 Å². The normalized spacial score (nSPS) is 17.2. The number of hydrogen-bond donors (Lipinski definition) is 2. The molecule has 0 saturated carbocycles. The Balaban J connectivity index is 2.34. The van der Waals surface area contributed by atoms with Crippen LogP contribution >= 0.6 is 11.6 Å². The zero-order valence-electron chi connectivity index (χ0n) is 15.4. The number of benzene rings is 1. The number of anilines is 1. The van der Waals surface area contributed by atoms with E-state index >= 15 is 0 Å². The minimum atomic E-state index is -5.16. The fraction of sp³-hybridized carbons (Fsp3) is 0.353. The van der Waals surface area contributed by atoms with Crippen molar-refractivity contribution in [3.05, 3.63) is 35.0 Å². The van der Waals surface area contributed by atoms with Crippen LogP contribution in [0, 0.1) is 0 Å². The summed E-state index contributed by atoms with van der Waals surface area (Å²) in [4.78, 5) is 13.0. The lowest BCUT2D eigenvalue weighted by atomic mass is 10.2. The minimum Gasteiger partial charge on any atom is -0.604 e. The van der Waals surface area contributed by atoms with Crippen LogP contribution in [0.3, 0.4) is 0 Å². The maximum Gasteiger partial charge on any atom is 0.578 e. The fourth-order valence-corrected chi connectivity index (χ4v) is 4.14. The molecule has 0 spiro atoms. The van der Waals surface area contributed by atoms with E-state index in [9.17, 15) is 22.5 Å². The predicted octanol–water partition coefficient (Wildman–Crippen LogP) is 3.15. The molecule has 3 N–H and O–H groups in total. The van der Waals surface area contributed by atoms with Crippen LogP contribution in [0.1, 0.15) is 31.4 Å². The number of aromatic nitrogens is 2. The van der Waals surface area contributed by atoms with Crippen molar-refractivity contribution >= 4 is 40.3 Å². The lowest BCUT2D eigenvalue weighted by Gasteiger charge is -2.23. The summed E-state index contributed by atoms with van der Waals surface area (Å²) in [6.45, 7) is 0.107. The molecule has 13 heteroatoms. The largest absolute Gasteiger partial charge is 0.604 e. The van der Waals surface area contributed by atoms with Crippen molar-refractivity contribution in [3.63, 3.8) is 0 Å². The molecule has 1 aliphatic rings. The number of carbonyl (C=O) groups excluding carboxylic acids is 1. The monoisotopic (exact) mass is 463 g/mol. The minimum absolute atomic E-state index is 0.107. The third kappa shape index (κ3) is 4.35. The number of amides is 1. The summed E-state index contributed by atoms with van der Waals surface area (Å²) in [5.41, 5.74) is 0.0129. The standard InChI is InChI=1S/C17H17ClF3N5O3S/c18-10-5-7-11(8-6-10)26-16(25-9-3-1-2-4-12(25)27)14(30(29)17(19,20)21)13(23-26)15(22)24-28/h5-8,28H,1-4,9H2,(H2,22,24). The molecule has 1 aromatic carbocycles. The third-order valence-corrected chi connectivity index (χ3v) is 5.88. The number of rotatable bonds is 4. The van der Waals surface area contributed by atoms with Gasteiger partial charge in [0.15, 0.2) is 17.3 Å². The first kappa shape index (κ1) is 22.2. The van der Waals surface area contributed by atoms with Crippen molar-refractivity contribution in [1.29, 1.82) is 0 Å². The molecule has 0 radical (unpaired) electrons. The van der Waals surface area contributed by atoms with Crippen LogP contribution in [-0.2, 0) is 16.0 Å². The highest BCUT2D eigenvalue weighted by Gasteiger charge is 2.52. The van der Waals surface area contributed by atoms with Gasteiger partial charge in [0.25, 0.3) is 0 Å². The molecular formula is C17H17ClF3N5O3S. The van der Waals surface area contributed by atoms with E-state index in [0.717, 1.165) is 9.58 Å². The number of alkyl halides is 3. The van der Waals surface area contributed by atoms with Crippen molar-refractivity contribution in [3.8, 4) is 5.69 Å². The van der Waals surface area contributed by atoms with Crippen LogP contribution in [0.5, 0.6) is 0 Å². The Hall–Kier alpha value is -2.44. The highest BCUT2D eigenvalue weighted by molar-refractivity contribution is 7.92. The summed E-state index contributed by atoms with van der Waals surface area (Å²) in [5, 5.41) is 16.2. The van der Waals surface area contributed by atoms with Crippen LogP contribution in [0.25, 0.3) is 5.69 Å². The molecule has 2 aromatic rings. The first-order valence-corrected chi connectivity index (χ1v) is 10.3. The molecular weight excluding hydrogens is 447 g/mol. The van der Waals surface area contributed by atoms with E-state index < -0.39 is 39.0 Å². The predicted molar refractivity (Wildman–Crippen MR) is 104 cm³/mol. The Bertz CT molecular complexity index is 965. The maximum absolute atomic E-state index is 13.5. The van der Waals surface area contributed by atoms with Gasteiger partial charge in [-0.2, -0.15) is 5.10 Å². The van der Waals surface area contributed by atoms with Crippen LogP contribution in [0.15, 0.2) is 34.3 Å².